The number of morpholine rings is 1. The van der Waals surface area contributed by atoms with E-state index in [1.165, 1.54) is 0 Å². The zero-order chi connectivity index (χ0) is 12.7. The normalized spacial score (nSPS) is 29.0. The minimum absolute atomic E-state index is 0.262. The fourth-order valence-electron chi connectivity index (χ4n) is 2.60. The van der Waals surface area contributed by atoms with Gasteiger partial charge in [0.05, 0.1) is 25.3 Å². The molecule has 2 atom stereocenters. The Balaban J connectivity index is 1.74. The molecule has 2 aliphatic rings. The van der Waals surface area contributed by atoms with Crippen molar-refractivity contribution < 1.29 is 9.26 Å². The van der Waals surface area contributed by atoms with Crippen LogP contribution in [0.1, 0.15) is 25.6 Å². The molecule has 3 heterocycles. The lowest BCUT2D eigenvalue weighted by Crippen LogP contribution is -2.48. The van der Waals surface area contributed by atoms with E-state index in [4.69, 9.17) is 9.26 Å². The van der Waals surface area contributed by atoms with Crippen LogP contribution in [0.4, 0.5) is 6.01 Å². The van der Waals surface area contributed by atoms with Crippen molar-refractivity contribution in [1.82, 2.24) is 15.0 Å². The van der Waals surface area contributed by atoms with E-state index in [9.17, 15) is 0 Å². The molecule has 0 saturated carbocycles. The lowest BCUT2D eigenvalue weighted by molar-refractivity contribution is -0.0362. The van der Waals surface area contributed by atoms with Crippen LogP contribution < -0.4 is 4.90 Å². The minimum atomic E-state index is 0.262. The molecule has 2 saturated heterocycles. The minimum Gasteiger partial charge on any atom is -0.373 e. The van der Waals surface area contributed by atoms with Gasteiger partial charge in [0.2, 0.25) is 0 Å². The van der Waals surface area contributed by atoms with Crippen LogP contribution in [0.5, 0.6) is 0 Å². The van der Waals surface area contributed by atoms with Crippen molar-refractivity contribution in [2.45, 2.75) is 31.9 Å². The highest BCUT2D eigenvalue weighted by Gasteiger charge is 2.40. The average molecular weight is 252 g/mol. The summed E-state index contributed by atoms with van der Waals surface area (Å²) in [6.45, 7) is 7.68. The lowest BCUT2D eigenvalue weighted by atomic mass is 10.1. The number of hydrogen-bond donors (Lipinski definition) is 0. The van der Waals surface area contributed by atoms with E-state index < -0.39 is 0 Å². The third-order valence-corrected chi connectivity index (χ3v) is 3.80. The standard InChI is InChI=1S/C12H20N4O2/c1-8(2)11-13-12(18-14-11)16-6-9-10(7-16)17-5-4-15(9)3/h8-10H,4-7H2,1-3H3. The van der Waals surface area contributed by atoms with E-state index in [2.05, 4.69) is 40.8 Å². The zero-order valence-electron chi connectivity index (χ0n) is 11.2. The molecule has 0 spiro atoms. The van der Waals surface area contributed by atoms with Crippen molar-refractivity contribution in [3.63, 3.8) is 0 Å². The third-order valence-electron chi connectivity index (χ3n) is 3.80. The monoisotopic (exact) mass is 252 g/mol. The van der Waals surface area contributed by atoms with Gasteiger partial charge in [-0.15, -0.1) is 0 Å². The van der Waals surface area contributed by atoms with E-state index in [0.29, 0.717) is 18.0 Å². The molecule has 0 aromatic carbocycles. The summed E-state index contributed by atoms with van der Waals surface area (Å²) in [6, 6.07) is 1.07. The molecule has 1 aromatic rings. The number of likely N-dealkylation sites (N-methyl/N-ethyl adjacent to an activating group) is 1. The average Bonchev–Trinajstić information content (AvgIpc) is 2.95. The highest BCUT2D eigenvalue weighted by atomic mass is 16.5. The number of rotatable bonds is 2. The number of hydrogen-bond acceptors (Lipinski definition) is 6. The molecule has 6 heteroatoms. The molecular formula is C12H20N4O2. The largest absolute Gasteiger partial charge is 0.373 e. The van der Waals surface area contributed by atoms with Gasteiger partial charge in [-0.1, -0.05) is 19.0 Å². The molecule has 18 heavy (non-hydrogen) atoms. The van der Waals surface area contributed by atoms with E-state index in [1.807, 2.05) is 0 Å². The van der Waals surface area contributed by atoms with Gasteiger partial charge in [-0.3, -0.25) is 4.90 Å². The first-order valence-corrected chi connectivity index (χ1v) is 6.55. The van der Waals surface area contributed by atoms with Crippen molar-refractivity contribution in [3.05, 3.63) is 5.82 Å². The molecule has 3 rings (SSSR count). The molecule has 2 unspecified atom stereocenters. The highest BCUT2D eigenvalue weighted by molar-refractivity contribution is 5.30. The van der Waals surface area contributed by atoms with E-state index >= 15 is 0 Å². The van der Waals surface area contributed by atoms with Gasteiger partial charge in [-0.05, 0) is 7.05 Å². The first-order valence-electron chi connectivity index (χ1n) is 6.55. The molecule has 0 amide bonds. The smallest absolute Gasteiger partial charge is 0.324 e. The number of anilines is 1. The second kappa shape index (κ2) is 4.51. The quantitative estimate of drug-likeness (QED) is 0.773. The summed E-state index contributed by atoms with van der Waals surface area (Å²) in [4.78, 5) is 8.94. The fraction of sp³-hybridized carbons (Fsp3) is 0.833. The number of aromatic nitrogens is 2. The summed E-state index contributed by atoms with van der Waals surface area (Å²) in [6.07, 6.45) is 0.262. The zero-order valence-corrected chi connectivity index (χ0v) is 11.2. The van der Waals surface area contributed by atoms with Crippen LogP contribution in [-0.4, -0.2) is 60.5 Å². The van der Waals surface area contributed by atoms with Crippen molar-refractivity contribution >= 4 is 6.01 Å². The van der Waals surface area contributed by atoms with Crippen molar-refractivity contribution in [1.29, 1.82) is 0 Å². The fourth-order valence-corrected chi connectivity index (χ4v) is 2.60. The Bertz CT molecular complexity index is 420. The predicted octanol–water partition coefficient (Wildman–Crippen LogP) is 0.712. The summed E-state index contributed by atoms with van der Waals surface area (Å²) in [5.74, 6) is 1.07. The van der Waals surface area contributed by atoms with E-state index in [1.54, 1.807) is 0 Å². The lowest BCUT2D eigenvalue weighted by Gasteiger charge is -2.33. The second-order valence-electron chi connectivity index (χ2n) is 5.45. The molecule has 0 radical (unpaired) electrons. The number of fused-ring (bicyclic) bond motifs is 1. The first-order chi connectivity index (χ1) is 8.65. The summed E-state index contributed by atoms with van der Waals surface area (Å²) in [7, 11) is 2.15. The van der Waals surface area contributed by atoms with Gasteiger partial charge in [0.15, 0.2) is 5.82 Å². The highest BCUT2D eigenvalue weighted by Crippen LogP contribution is 2.26. The van der Waals surface area contributed by atoms with Crippen LogP contribution in [-0.2, 0) is 4.74 Å². The van der Waals surface area contributed by atoms with Crippen molar-refractivity contribution in [2.75, 3.05) is 38.2 Å². The topological polar surface area (TPSA) is 54.6 Å². The van der Waals surface area contributed by atoms with Crippen LogP contribution in [0, 0.1) is 0 Å². The van der Waals surface area contributed by atoms with Gasteiger partial charge in [-0.2, -0.15) is 4.98 Å². The molecule has 2 aliphatic heterocycles. The Morgan fingerprint density at radius 2 is 2.17 bits per heavy atom. The van der Waals surface area contributed by atoms with E-state index in [0.717, 1.165) is 32.1 Å². The maximum atomic E-state index is 5.81. The van der Waals surface area contributed by atoms with Crippen molar-refractivity contribution in [2.24, 2.45) is 0 Å². The van der Waals surface area contributed by atoms with Crippen LogP contribution in [0.2, 0.25) is 0 Å². The summed E-state index contributed by atoms with van der Waals surface area (Å²) < 4.78 is 11.1. The summed E-state index contributed by atoms with van der Waals surface area (Å²) in [5.41, 5.74) is 0. The molecular weight excluding hydrogens is 232 g/mol. The Morgan fingerprint density at radius 1 is 1.33 bits per heavy atom. The maximum Gasteiger partial charge on any atom is 0.324 e. The maximum absolute atomic E-state index is 5.81. The molecule has 1 aromatic heterocycles. The SMILES string of the molecule is CC(C)c1noc(N2CC3OCCN(C)C3C2)n1. The summed E-state index contributed by atoms with van der Waals surface area (Å²) in [5, 5.41) is 4.01. The van der Waals surface area contributed by atoms with Crippen LogP contribution in [0.3, 0.4) is 0 Å². The molecule has 100 valence electrons. The van der Waals surface area contributed by atoms with Crippen LogP contribution in [0.25, 0.3) is 0 Å². The van der Waals surface area contributed by atoms with Crippen LogP contribution in [0.15, 0.2) is 4.52 Å². The molecule has 0 N–H and O–H groups in total. The third kappa shape index (κ3) is 1.99. The molecule has 0 aliphatic carbocycles. The predicted molar refractivity (Wildman–Crippen MR) is 66.8 cm³/mol. The molecule has 0 bridgehead atoms. The van der Waals surface area contributed by atoms with E-state index in [-0.39, 0.29) is 6.10 Å². The van der Waals surface area contributed by atoms with Gasteiger partial charge in [-0.25, -0.2) is 0 Å². The van der Waals surface area contributed by atoms with Gasteiger partial charge in [0.1, 0.15) is 0 Å². The Labute approximate surface area is 107 Å². The summed E-state index contributed by atoms with van der Waals surface area (Å²) >= 11 is 0. The Kier molecular flexibility index (Phi) is 2.99. The Morgan fingerprint density at radius 3 is 2.83 bits per heavy atom. The Hall–Kier alpha value is -1.14. The number of ether oxygens (including phenoxy) is 1. The van der Waals surface area contributed by atoms with Gasteiger partial charge in [0, 0.05) is 19.0 Å². The van der Waals surface area contributed by atoms with Gasteiger partial charge in [0.25, 0.3) is 0 Å². The van der Waals surface area contributed by atoms with Crippen molar-refractivity contribution in [3.8, 4) is 0 Å². The van der Waals surface area contributed by atoms with Crippen LogP contribution >= 0.6 is 0 Å². The second-order valence-corrected chi connectivity index (χ2v) is 5.45. The number of nitrogens with zero attached hydrogens (tertiary/aromatic N) is 4. The first kappa shape index (κ1) is 11.9. The van der Waals surface area contributed by atoms with Gasteiger partial charge >= 0.3 is 6.01 Å². The molecule has 2 fully saturated rings. The van der Waals surface area contributed by atoms with Gasteiger partial charge < -0.3 is 14.2 Å². The molecule has 6 nitrogen and oxygen atoms in total.